The molecule has 24 heavy (non-hydrogen) atoms. The SMILES string of the molecule is COc1ccc([C@H]2N(c3ccccc3)C(=O)[C@@]23CCC(=O)C3)cc1. The molecule has 2 aromatic rings. The van der Waals surface area contributed by atoms with Crippen molar-refractivity contribution in [3.8, 4) is 5.75 Å². The van der Waals surface area contributed by atoms with Crippen LogP contribution in [-0.2, 0) is 9.59 Å². The summed E-state index contributed by atoms with van der Waals surface area (Å²) in [4.78, 5) is 26.7. The summed E-state index contributed by atoms with van der Waals surface area (Å²) in [6.45, 7) is 0. The normalized spacial score (nSPS) is 25.9. The van der Waals surface area contributed by atoms with Gasteiger partial charge in [0.05, 0.1) is 18.6 Å². The van der Waals surface area contributed by atoms with E-state index in [9.17, 15) is 9.59 Å². The Hall–Kier alpha value is -2.62. The Morgan fingerprint density at radius 3 is 2.33 bits per heavy atom. The van der Waals surface area contributed by atoms with Crippen LogP contribution in [0.4, 0.5) is 5.69 Å². The number of Topliss-reactive ketones (excluding diaryl/α,β-unsaturated/α-hetero) is 1. The summed E-state index contributed by atoms with van der Waals surface area (Å²) in [6.07, 6.45) is 1.50. The number of benzene rings is 2. The lowest BCUT2D eigenvalue weighted by Crippen LogP contribution is -2.62. The summed E-state index contributed by atoms with van der Waals surface area (Å²) < 4.78 is 5.23. The minimum Gasteiger partial charge on any atom is -0.497 e. The zero-order valence-corrected chi connectivity index (χ0v) is 13.6. The molecule has 1 aliphatic heterocycles. The predicted molar refractivity (Wildman–Crippen MR) is 91.0 cm³/mol. The van der Waals surface area contributed by atoms with Crippen molar-refractivity contribution < 1.29 is 14.3 Å². The van der Waals surface area contributed by atoms with Gasteiger partial charge < -0.3 is 9.64 Å². The number of anilines is 1. The Morgan fingerprint density at radius 2 is 1.75 bits per heavy atom. The molecule has 1 heterocycles. The van der Waals surface area contributed by atoms with E-state index in [-0.39, 0.29) is 17.7 Å². The van der Waals surface area contributed by atoms with E-state index in [1.54, 1.807) is 7.11 Å². The molecule has 4 heteroatoms. The predicted octanol–water partition coefficient (Wildman–Crippen LogP) is 3.52. The van der Waals surface area contributed by atoms with Crippen molar-refractivity contribution in [1.82, 2.24) is 0 Å². The van der Waals surface area contributed by atoms with E-state index in [0.29, 0.717) is 19.3 Å². The summed E-state index contributed by atoms with van der Waals surface area (Å²) in [5.41, 5.74) is 1.36. The van der Waals surface area contributed by atoms with E-state index in [2.05, 4.69) is 0 Å². The van der Waals surface area contributed by atoms with E-state index in [1.165, 1.54) is 0 Å². The maximum Gasteiger partial charge on any atom is 0.236 e. The number of carbonyl (C=O) groups excluding carboxylic acids is 2. The quantitative estimate of drug-likeness (QED) is 0.813. The highest BCUT2D eigenvalue weighted by Crippen LogP contribution is 2.59. The summed E-state index contributed by atoms with van der Waals surface area (Å²) >= 11 is 0. The van der Waals surface area contributed by atoms with E-state index in [1.807, 2.05) is 59.5 Å². The Balaban J connectivity index is 1.77. The van der Waals surface area contributed by atoms with Gasteiger partial charge in [0.1, 0.15) is 11.5 Å². The van der Waals surface area contributed by atoms with Gasteiger partial charge in [-0.2, -0.15) is 0 Å². The monoisotopic (exact) mass is 321 g/mol. The first kappa shape index (κ1) is 14.9. The van der Waals surface area contributed by atoms with Crippen LogP contribution >= 0.6 is 0 Å². The zero-order chi connectivity index (χ0) is 16.7. The second kappa shape index (κ2) is 5.48. The van der Waals surface area contributed by atoms with Crippen LogP contribution in [-0.4, -0.2) is 18.8 Å². The van der Waals surface area contributed by atoms with Gasteiger partial charge in [0.25, 0.3) is 0 Å². The summed E-state index contributed by atoms with van der Waals surface area (Å²) in [6, 6.07) is 17.4. The third kappa shape index (κ3) is 2.06. The van der Waals surface area contributed by atoms with Crippen LogP contribution in [0.3, 0.4) is 0 Å². The highest BCUT2D eigenvalue weighted by molar-refractivity contribution is 6.09. The Labute approximate surface area is 141 Å². The van der Waals surface area contributed by atoms with Crippen LogP contribution in [0.1, 0.15) is 30.9 Å². The summed E-state index contributed by atoms with van der Waals surface area (Å²) in [5, 5.41) is 0. The number of nitrogens with zero attached hydrogens (tertiary/aromatic N) is 1. The molecule has 1 saturated heterocycles. The molecule has 0 bridgehead atoms. The van der Waals surface area contributed by atoms with Crippen molar-refractivity contribution in [3.63, 3.8) is 0 Å². The number of ether oxygens (including phenoxy) is 1. The molecule has 1 spiro atoms. The lowest BCUT2D eigenvalue weighted by molar-refractivity contribution is -0.141. The van der Waals surface area contributed by atoms with Gasteiger partial charge >= 0.3 is 0 Å². The first-order valence-electron chi connectivity index (χ1n) is 8.20. The van der Waals surface area contributed by atoms with Crippen LogP contribution in [0.15, 0.2) is 54.6 Å². The zero-order valence-electron chi connectivity index (χ0n) is 13.6. The topological polar surface area (TPSA) is 46.6 Å². The summed E-state index contributed by atoms with van der Waals surface area (Å²) in [7, 11) is 1.63. The molecular formula is C20H19NO3. The molecule has 0 N–H and O–H groups in total. The first-order valence-corrected chi connectivity index (χ1v) is 8.20. The van der Waals surface area contributed by atoms with Gasteiger partial charge in [-0.25, -0.2) is 0 Å². The molecular weight excluding hydrogens is 302 g/mol. The van der Waals surface area contributed by atoms with E-state index >= 15 is 0 Å². The molecule has 2 atom stereocenters. The Kier molecular flexibility index (Phi) is 3.41. The average Bonchev–Trinajstić information content (AvgIpc) is 3.04. The second-order valence-corrected chi connectivity index (χ2v) is 6.56. The third-order valence-electron chi connectivity index (χ3n) is 5.25. The van der Waals surface area contributed by atoms with Gasteiger partial charge in [0.15, 0.2) is 0 Å². The van der Waals surface area contributed by atoms with Crippen molar-refractivity contribution >= 4 is 17.4 Å². The first-order chi connectivity index (χ1) is 11.7. The number of rotatable bonds is 3. The highest BCUT2D eigenvalue weighted by Gasteiger charge is 2.63. The minimum atomic E-state index is -0.568. The van der Waals surface area contributed by atoms with Gasteiger partial charge in [-0.3, -0.25) is 9.59 Å². The fourth-order valence-electron chi connectivity index (χ4n) is 4.07. The fourth-order valence-corrected chi connectivity index (χ4v) is 4.07. The Morgan fingerprint density at radius 1 is 1.04 bits per heavy atom. The van der Waals surface area contributed by atoms with Crippen molar-refractivity contribution in [2.24, 2.45) is 5.41 Å². The molecule has 0 radical (unpaired) electrons. The largest absolute Gasteiger partial charge is 0.497 e. The van der Waals surface area contributed by atoms with Gasteiger partial charge in [-0.1, -0.05) is 30.3 Å². The maximum atomic E-state index is 13.0. The van der Waals surface area contributed by atoms with E-state index in [4.69, 9.17) is 4.74 Å². The van der Waals surface area contributed by atoms with Crippen LogP contribution in [0.25, 0.3) is 0 Å². The number of para-hydroxylation sites is 1. The molecule has 0 unspecified atom stereocenters. The van der Waals surface area contributed by atoms with Gasteiger partial charge in [-0.05, 0) is 36.2 Å². The van der Waals surface area contributed by atoms with Crippen molar-refractivity contribution in [2.75, 3.05) is 12.0 Å². The van der Waals surface area contributed by atoms with Crippen LogP contribution in [0.2, 0.25) is 0 Å². The maximum absolute atomic E-state index is 13.0. The smallest absolute Gasteiger partial charge is 0.236 e. The molecule has 122 valence electrons. The average molecular weight is 321 g/mol. The molecule has 0 aromatic heterocycles. The molecule has 2 fully saturated rings. The van der Waals surface area contributed by atoms with E-state index < -0.39 is 5.41 Å². The standard InChI is InChI=1S/C20H19NO3/c1-24-17-9-7-14(8-10-17)18-20(12-11-16(22)13-20)19(23)21(18)15-5-3-2-4-6-15/h2-10,18H,11-13H2,1H3/t18-,20-/m1/s1. The number of amides is 1. The summed E-state index contributed by atoms with van der Waals surface area (Å²) in [5.74, 6) is 1.04. The van der Waals surface area contributed by atoms with Crippen molar-refractivity contribution in [1.29, 1.82) is 0 Å². The van der Waals surface area contributed by atoms with Crippen LogP contribution < -0.4 is 9.64 Å². The van der Waals surface area contributed by atoms with Crippen molar-refractivity contribution in [3.05, 3.63) is 60.2 Å². The Bertz CT molecular complexity index is 784. The molecule has 2 aliphatic rings. The number of carbonyl (C=O) groups is 2. The lowest BCUT2D eigenvalue weighted by atomic mass is 9.66. The lowest BCUT2D eigenvalue weighted by Gasteiger charge is -2.54. The number of methoxy groups -OCH3 is 1. The number of ketones is 1. The fraction of sp³-hybridized carbons (Fsp3) is 0.300. The molecule has 1 saturated carbocycles. The molecule has 2 aromatic carbocycles. The number of hydrogen-bond donors (Lipinski definition) is 0. The number of hydrogen-bond acceptors (Lipinski definition) is 3. The van der Waals surface area contributed by atoms with Crippen LogP contribution in [0, 0.1) is 5.41 Å². The van der Waals surface area contributed by atoms with Gasteiger partial charge in [0.2, 0.25) is 5.91 Å². The second-order valence-electron chi connectivity index (χ2n) is 6.56. The molecule has 1 amide bonds. The number of β-lactam (4-membered cyclic amide) rings is 1. The van der Waals surface area contributed by atoms with Crippen LogP contribution in [0.5, 0.6) is 5.75 Å². The highest BCUT2D eigenvalue weighted by atomic mass is 16.5. The molecule has 4 nitrogen and oxygen atoms in total. The minimum absolute atomic E-state index is 0.0698. The van der Waals surface area contributed by atoms with Gasteiger partial charge in [-0.15, -0.1) is 0 Å². The van der Waals surface area contributed by atoms with Crippen molar-refractivity contribution in [2.45, 2.75) is 25.3 Å². The molecule has 1 aliphatic carbocycles. The van der Waals surface area contributed by atoms with E-state index in [0.717, 1.165) is 17.0 Å². The van der Waals surface area contributed by atoms with Gasteiger partial charge in [0, 0.05) is 18.5 Å². The third-order valence-corrected chi connectivity index (χ3v) is 5.25. The molecule has 4 rings (SSSR count).